The first-order chi connectivity index (χ1) is 12.7. The maximum absolute atomic E-state index is 4.83. The normalized spacial score (nSPS) is 11.2. The second-order valence-electron chi connectivity index (χ2n) is 6.01. The molecule has 0 aliphatic carbocycles. The van der Waals surface area contributed by atoms with Crippen LogP contribution in [0.15, 0.2) is 70.7 Å². The Labute approximate surface area is 161 Å². The van der Waals surface area contributed by atoms with Crippen LogP contribution in [0.25, 0.3) is 28.3 Å². The number of aromatic nitrogens is 3. The highest BCUT2D eigenvalue weighted by atomic mass is 32.2. The molecule has 0 saturated carbocycles. The summed E-state index contributed by atoms with van der Waals surface area (Å²) >= 11 is 3.52. The van der Waals surface area contributed by atoms with Crippen LogP contribution in [0.1, 0.15) is 5.56 Å². The number of fused-ring (bicyclic) bond motifs is 1. The van der Waals surface area contributed by atoms with Gasteiger partial charge in [0, 0.05) is 33.3 Å². The minimum atomic E-state index is 0.720. The van der Waals surface area contributed by atoms with Gasteiger partial charge >= 0.3 is 0 Å². The first-order valence-corrected chi connectivity index (χ1v) is 10.8. The Morgan fingerprint density at radius 1 is 0.923 bits per heavy atom. The smallest absolute Gasteiger partial charge is 0.234 e. The largest absolute Gasteiger partial charge is 0.283 e. The van der Waals surface area contributed by atoms with Crippen molar-refractivity contribution in [2.24, 2.45) is 0 Å². The number of hydrogen-bond acceptors (Lipinski definition) is 4. The van der Waals surface area contributed by atoms with E-state index in [0.717, 1.165) is 28.3 Å². The third-order valence-electron chi connectivity index (χ3n) is 4.44. The molecule has 2 aromatic carbocycles. The van der Waals surface area contributed by atoms with Gasteiger partial charge in [0.25, 0.3) is 0 Å². The summed E-state index contributed by atoms with van der Waals surface area (Å²) < 4.78 is 2.07. The summed E-state index contributed by atoms with van der Waals surface area (Å²) in [7, 11) is 0. The number of imidazole rings is 1. The van der Waals surface area contributed by atoms with E-state index < -0.39 is 0 Å². The molecular formula is C21H19N3S2. The lowest BCUT2D eigenvalue weighted by Gasteiger charge is -2.09. The molecule has 0 aliphatic rings. The van der Waals surface area contributed by atoms with E-state index >= 15 is 0 Å². The topological polar surface area (TPSA) is 30.2 Å². The molecule has 5 heteroatoms. The molecule has 3 nitrogen and oxygen atoms in total. The predicted octanol–water partition coefficient (Wildman–Crippen LogP) is 5.82. The molecule has 0 amide bonds. The molecule has 0 unspecified atom stereocenters. The summed E-state index contributed by atoms with van der Waals surface area (Å²) in [5.41, 5.74) is 5.59. The van der Waals surface area contributed by atoms with Gasteiger partial charge in [0.05, 0.1) is 11.4 Å². The Kier molecular flexibility index (Phi) is 4.74. The second kappa shape index (κ2) is 7.17. The van der Waals surface area contributed by atoms with E-state index in [0.29, 0.717) is 0 Å². The van der Waals surface area contributed by atoms with E-state index in [4.69, 9.17) is 4.98 Å². The molecular weight excluding hydrogens is 358 g/mol. The summed E-state index contributed by atoms with van der Waals surface area (Å²) in [5.74, 6) is 0.720. The highest BCUT2D eigenvalue weighted by molar-refractivity contribution is 7.98. The van der Waals surface area contributed by atoms with Crippen molar-refractivity contribution in [1.82, 2.24) is 14.4 Å². The van der Waals surface area contributed by atoms with Crippen LogP contribution in [0.3, 0.4) is 0 Å². The fourth-order valence-electron chi connectivity index (χ4n) is 3.14. The number of thioether (sulfide) groups is 2. The van der Waals surface area contributed by atoms with Crippen LogP contribution in [-0.2, 0) is 0 Å². The lowest BCUT2D eigenvalue weighted by Crippen LogP contribution is -1.92. The van der Waals surface area contributed by atoms with Crippen molar-refractivity contribution in [3.05, 3.63) is 66.5 Å². The third-order valence-corrected chi connectivity index (χ3v) is 6.08. The average Bonchev–Trinajstić information content (AvgIpc) is 3.07. The quantitative estimate of drug-likeness (QED) is 0.420. The first kappa shape index (κ1) is 17.2. The molecule has 0 N–H and O–H groups in total. The fourth-order valence-corrected chi connectivity index (χ4v) is 4.13. The summed E-state index contributed by atoms with van der Waals surface area (Å²) in [6, 6.07) is 17.1. The van der Waals surface area contributed by atoms with Crippen molar-refractivity contribution >= 4 is 29.3 Å². The van der Waals surface area contributed by atoms with Gasteiger partial charge in [0.15, 0.2) is 0 Å². The summed E-state index contributed by atoms with van der Waals surface area (Å²) in [5, 5.41) is 0. The van der Waals surface area contributed by atoms with Gasteiger partial charge in [-0.2, -0.15) is 0 Å². The average molecular weight is 378 g/mol. The molecule has 0 spiro atoms. The Hall–Kier alpha value is -2.24. The SMILES string of the molecule is CSc1ccc(-c2nc3ncccn3c2-c2ccc(SC)c(C)c2)cc1. The van der Waals surface area contributed by atoms with E-state index in [2.05, 4.69) is 71.3 Å². The Balaban J connectivity index is 1.96. The second-order valence-corrected chi connectivity index (χ2v) is 7.74. The summed E-state index contributed by atoms with van der Waals surface area (Å²) in [6.07, 6.45) is 8.02. The number of aryl methyl sites for hydroxylation is 1. The van der Waals surface area contributed by atoms with E-state index in [1.54, 1.807) is 29.7 Å². The van der Waals surface area contributed by atoms with Crippen LogP contribution in [0.2, 0.25) is 0 Å². The van der Waals surface area contributed by atoms with E-state index in [1.165, 1.54) is 15.4 Å². The van der Waals surface area contributed by atoms with Gasteiger partial charge in [-0.1, -0.05) is 18.2 Å². The number of hydrogen-bond donors (Lipinski definition) is 0. The number of benzene rings is 2. The molecule has 4 aromatic rings. The van der Waals surface area contributed by atoms with Gasteiger partial charge in [-0.3, -0.25) is 4.40 Å². The van der Waals surface area contributed by atoms with Crippen LogP contribution < -0.4 is 0 Å². The van der Waals surface area contributed by atoms with E-state index in [1.807, 2.05) is 12.3 Å². The van der Waals surface area contributed by atoms with Gasteiger partial charge in [0.2, 0.25) is 5.78 Å². The van der Waals surface area contributed by atoms with Gasteiger partial charge < -0.3 is 0 Å². The molecule has 26 heavy (non-hydrogen) atoms. The van der Waals surface area contributed by atoms with Gasteiger partial charge in [0.1, 0.15) is 0 Å². The van der Waals surface area contributed by atoms with E-state index in [-0.39, 0.29) is 0 Å². The minimum Gasteiger partial charge on any atom is -0.283 e. The van der Waals surface area contributed by atoms with Crippen molar-refractivity contribution < 1.29 is 0 Å². The lowest BCUT2D eigenvalue weighted by molar-refractivity contribution is 1.11. The van der Waals surface area contributed by atoms with E-state index in [9.17, 15) is 0 Å². The maximum Gasteiger partial charge on any atom is 0.234 e. The molecule has 0 fully saturated rings. The highest BCUT2D eigenvalue weighted by Gasteiger charge is 2.17. The lowest BCUT2D eigenvalue weighted by atomic mass is 10.0. The number of nitrogens with zero attached hydrogens (tertiary/aromatic N) is 3. The van der Waals surface area contributed by atoms with Crippen LogP contribution in [0, 0.1) is 6.92 Å². The molecule has 2 heterocycles. The summed E-state index contributed by atoms with van der Waals surface area (Å²) in [6.45, 7) is 2.16. The molecule has 0 radical (unpaired) electrons. The molecule has 0 saturated heterocycles. The Bertz CT molecular complexity index is 1070. The Morgan fingerprint density at radius 2 is 1.69 bits per heavy atom. The van der Waals surface area contributed by atoms with Crippen LogP contribution in [-0.4, -0.2) is 26.9 Å². The zero-order chi connectivity index (χ0) is 18.1. The van der Waals surface area contributed by atoms with Gasteiger partial charge in [-0.15, -0.1) is 23.5 Å². The van der Waals surface area contributed by atoms with Crippen molar-refractivity contribution in [3.8, 4) is 22.5 Å². The van der Waals surface area contributed by atoms with Gasteiger partial charge in [-0.25, -0.2) is 9.97 Å². The minimum absolute atomic E-state index is 0.720. The number of rotatable bonds is 4. The van der Waals surface area contributed by atoms with Crippen LogP contribution in [0.4, 0.5) is 0 Å². The van der Waals surface area contributed by atoms with Crippen molar-refractivity contribution in [2.45, 2.75) is 16.7 Å². The maximum atomic E-state index is 4.83. The Morgan fingerprint density at radius 3 is 2.38 bits per heavy atom. The van der Waals surface area contributed by atoms with Gasteiger partial charge in [-0.05, 0) is 55.3 Å². The zero-order valence-corrected chi connectivity index (χ0v) is 16.6. The molecule has 0 bridgehead atoms. The first-order valence-electron chi connectivity index (χ1n) is 8.34. The van der Waals surface area contributed by atoms with Crippen molar-refractivity contribution in [2.75, 3.05) is 12.5 Å². The standard InChI is InChI=1S/C21H19N3S2/c1-14-13-16(7-10-18(14)26-3)20-19(15-5-8-17(25-2)9-6-15)23-21-22-11-4-12-24(20)21/h4-13H,1-3H3. The van der Waals surface area contributed by atoms with Crippen molar-refractivity contribution in [3.63, 3.8) is 0 Å². The highest BCUT2D eigenvalue weighted by Crippen LogP contribution is 2.35. The molecule has 2 aromatic heterocycles. The summed E-state index contributed by atoms with van der Waals surface area (Å²) in [4.78, 5) is 11.8. The monoisotopic (exact) mass is 377 g/mol. The molecule has 4 rings (SSSR count). The predicted molar refractivity (Wildman–Crippen MR) is 112 cm³/mol. The molecule has 130 valence electrons. The van der Waals surface area contributed by atoms with Crippen LogP contribution >= 0.6 is 23.5 Å². The fraction of sp³-hybridized carbons (Fsp3) is 0.143. The molecule has 0 atom stereocenters. The molecule has 0 aliphatic heterocycles. The zero-order valence-electron chi connectivity index (χ0n) is 14.9. The van der Waals surface area contributed by atoms with Crippen molar-refractivity contribution in [1.29, 1.82) is 0 Å². The third kappa shape index (κ3) is 3.02. The van der Waals surface area contributed by atoms with Crippen LogP contribution in [0.5, 0.6) is 0 Å².